The minimum Gasteiger partial charge on any atom is -0.465 e. The van der Waals surface area contributed by atoms with Gasteiger partial charge in [-0.25, -0.2) is 0 Å². The van der Waals surface area contributed by atoms with Gasteiger partial charge in [-0.2, -0.15) is 0 Å². The number of esters is 1. The summed E-state index contributed by atoms with van der Waals surface area (Å²) < 4.78 is 4.87. The average Bonchev–Trinajstić information content (AvgIpc) is 2.76. The third-order valence-electron chi connectivity index (χ3n) is 3.81. The molecule has 0 aromatic heterocycles. The summed E-state index contributed by atoms with van der Waals surface area (Å²) in [6.07, 6.45) is 0.621. The molecule has 1 atom stereocenters. The second-order valence-electron chi connectivity index (χ2n) is 5.37. The topological polar surface area (TPSA) is 80.8 Å². The largest absolute Gasteiger partial charge is 0.465 e. The molecule has 2 amide bonds. The summed E-state index contributed by atoms with van der Waals surface area (Å²) in [5.74, 6) is -2.33. The van der Waals surface area contributed by atoms with E-state index in [9.17, 15) is 19.2 Å². The number of nitrogens with zero attached hydrogens (tertiary/aromatic N) is 1. The Morgan fingerprint density at radius 1 is 1.13 bits per heavy atom. The smallest absolute Gasteiger partial charge is 0.316 e. The molecule has 0 saturated heterocycles. The number of carbonyl (C=O) groups is 4. The average molecular weight is 317 g/mol. The van der Waals surface area contributed by atoms with Crippen LogP contribution in [0.15, 0.2) is 24.3 Å². The van der Waals surface area contributed by atoms with E-state index in [1.807, 2.05) is 0 Å². The van der Waals surface area contributed by atoms with Crippen molar-refractivity contribution in [1.29, 1.82) is 0 Å². The van der Waals surface area contributed by atoms with Crippen molar-refractivity contribution in [3.8, 4) is 0 Å². The Labute approximate surface area is 134 Å². The van der Waals surface area contributed by atoms with Crippen LogP contribution in [-0.2, 0) is 14.3 Å². The monoisotopic (exact) mass is 317 g/mol. The number of carbonyl (C=O) groups excluding carboxylic acids is 4. The van der Waals surface area contributed by atoms with E-state index >= 15 is 0 Å². The number of amides is 2. The van der Waals surface area contributed by atoms with E-state index in [1.54, 1.807) is 31.2 Å². The van der Waals surface area contributed by atoms with Gasteiger partial charge in [-0.1, -0.05) is 12.1 Å². The number of rotatable bonds is 7. The molecule has 0 saturated carbocycles. The lowest BCUT2D eigenvalue weighted by atomic mass is 9.99. The van der Waals surface area contributed by atoms with Crippen molar-refractivity contribution >= 4 is 23.6 Å². The Morgan fingerprint density at radius 3 is 2.17 bits per heavy atom. The first kappa shape index (κ1) is 16.9. The molecule has 0 bridgehead atoms. The molecule has 1 aromatic rings. The van der Waals surface area contributed by atoms with Gasteiger partial charge in [0.2, 0.25) is 0 Å². The van der Waals surface area contributed by atoms with E-state index < -0.39 is 11.9 Å². The number of ether oxygens (including phenoxy) is 1. The van der Waals surface area contributed by atoms with Gasteiger partial charge in [-0.05, 0) is 38.8 Å². The van der Waals surface area contributed by atoms with Gasteiger partial charge in [0.1, 0.15) is 11.7 Å². The fraction of sp³-hybridized carbons (Fsp3) is 0.412. The van der Waals surface area contributed by atoms with Crippen LogP contribution in [0.2, 0.25) is 0 Å². The molecule has 0 aliphatic carbocycles. The molecule has 2 rings (SSSR count). The van der Waals surface area contributed by atoms with Crippen LogP contribution in [0.4, 0.5) is 0 Å². The van der Waals surface area contributed by atoms with Crippen molar-refractivity contribution in [3.63, 3.8) is 0 Å². The number of benzene rings is 1. The molecular weight excluding hydrogens is 298 g/mol. The van der Waals surface area contributed by atoms with Crippen molar-refractivity contribution in [2.75, 3.05) is 13.2 Å². The van der Waals surface area contributed by atoms with Crippen molar-refractivity contribution in [2.24, 2.45) is 5.92 Å². The highest BCUT2D eigenvalue weighted by Gasteiger charge is 2.35. The molecule has 23 heavy (non-hydrogen) atoms. The van der Waals surface area contributed by atoms with Gasteiger partial charge in [0.25, 0.3) is 11.8 Å². The van der Waals surface area contributed by atoms with E-state index in [0.29, 0.717) is 17.5 Å². The van der Waals surface area contributed by atoms with Crippen LogP contribution in [0.1, 0.15) is 47.4 Å². The van der Waals surface area contributed by atoms with E-state index in [2.05, 4.69) is 0 Å². The normalized spacial score (nSPS) is 14.6. The molecule has 0 radical (unpaired) electrons. The van der Waals surface area contributed by atoms with Gasteiger partial charge in [0.15, 0.2) is 0 Å². The Balaban J connectivity index is 1.97. The molecule has 1 aliphatic rings. The van der Waals surface area contributed by atoms with Gasteiger partial charge in [-0.3, -0.25) is 24.1 Å². The summed E-state index contributed by atoms with van der Waals surface area (Å²) in [5.41, 5.74) is 0.789. The predicted octanol–water partition coefficient (Wildman–Crippen LogP) is 1.83. The van der Waals surface area contributed by atoms with Gasteiger partial charge in [0, 0.05) is 6.54 Å². The van der Waals surface area contributed by atoms with Crippen molar-refractivity contribution in [1.82, 2.24) is 4.90 Å². The SMILES string of the molecule is CCOC(=O)[C@@H](CCCN1C(=O)c2ccccc2C1=O)C(C)=O. The Bertz CT molecular complexity index is 617. The van der Waals surface area contributed by atoms with Crippen LogP contribution < -0.4 is 0 Å². The molecule has 0 fully saturated rings. The number of hydrogen-bond donors (Lipinski definition) is 0. The van der Waals surface area contributed by atoms with Crippen LogP contribution in [0.25, 0.3) is 0 Å². The zero-order valence-corrected chi connectivity index (χ0v) is 13.2. The predicted molar refractivity (Wildman–Crippen MR) is 81.8 cm³/mol. The highest BCUT2D eigenvalue weighted by Crippen LogP contribution is 2.23. The third-order valence-corrected chi connectivity index (χ3v) is 3.81. The standard InChI is InChI=1S/C17H19NO5/c1-3-23-17(22)12(11(2)19)9-6-10-18-15(20)13-7-4-5-8-14(13)16(18)21/h4-5,7-8,12H,3,6,9-10H2,1-2H3/t12-/m0/s1. The van der Waals surface area contributed by atoms with Gasteiger partial charge in [-0.15, -0.1) is 0 Å². The Morgan fingerprint density at radius 2 is 1.70 bits per heavy atom. The van der Waals surface area contributed by atoms with Crippen LogP contribution in [0, 0.1) is 5.92 Å². The zero-order chi connectivity index (χ0) is 17.0. The number of fused-ring (bicyclic) bond motifs is 1. The summed E-state index contributed by atoms with van der Waals surface area (Å²) >= 11 is 0. The first-order chi connectivity index (χ1) is 11.0. The van der Waals surface area contributed by atoms with Crippen molar-refractivity contribution in [2.45, 2.75) is 26.7 Å². The van der Waals surface area contributed by atoms with E-state index in [4.69, 9.17) is 4.74 Å². The molecule has 0 spiro atoms. The minimum absolute atomic E-state index is 0.176. The molecule has 122 valence electrons. The molecule has 1 heterocycles. The lowest BCUT2D eigenvalue weighted by molar-refractivity contribution is -0.151. The van der Waals surface area contributed by atoms with E-state index in [0.717, 1.165) is 4.90 Å². The first-order valence-electron chi connectivity index (χ1n) is 7.59. The second-order valence-corrected chi connectivity index (χ2v) is 5.37. The summed E-state index contributed by atoms with van der Waals surface area (Å²) in [4.78, 5) is 48.8. The lowest BCUT2D eigenvalue weighted by Gasteiger charge is -2.16. The summed E-state index contributed by atoms with van der Waals surface area (Å²) in [6.45, 7) is 3.40. The number of hydrogen-bond acceptors (Lipinski definition) is 5. The third kappa shape index (κ3) is 3.47. The van der Waals surface area contributed by atoms with Crippen LogP contribution >= 0.6 is 0 Å². The van der Waals surface area contributed by atoms with Crippen LogP contribution in [0.5, 0.6) is 0 Å². The fourth-order valence-electron chi connectivity index (χ4n) is 2.63. The van der Waals surface area contributed by atoms with Crippen LogP contribution in [0.3, 0.4) is 0 Å². The highest BCUT2D eigenvalue weighted by atomic mass is 16.5. The highest BCUT2D eigenvalue weighted by molar-refractivity contribution is 6.21. The molecule has 0 N–H and O–H groups in total. The molecular formula is C17H19NO5. The number of imide groups is 1. The van der Waals surface area contributed by atoms with Crippen molar-refractivity contribution < 1.29 is 23.9 Å². The maximum atomic E-state index is 12.2. The fourth-order valence-corrected chi connectivity index (χ4v) is 2.63. The summed E-state index contributed by atoms with van der Waals surface area (Å²) in [5, 5.41) is 0. The minimum atomic E-state index is -0.842. The maximum Gasteiger partial charge on any atom is 0.316 e. The van der Waals surface area contributed by atoms with Gasteiger partial charge < -0.3 is 4.74 Å². The van der Waals surface area contributed by atoms with E-state index in [1.165, 1.54) is 6.92 Å². The number of ketones is 1. The summed E-state index contributed by atoms with van der Waals surface area (Å²) in [7, 11) is 0. The summed E-state index contributed by atoms with van der Waals surface area (Å²) in [6, 6.07) is 6.65. The van der Waals surface area contributed by atoms with Crippen LogP contribution in [-0.4, -0.2) is 41.6 Å². The van der Waals surface area contributed by atoms with Gasteiger partial charge in [0.05, 0.1) is 17.7 Å². The molecule has 6 nitrogen and oxygen atoms in total. The van der Waals surface area contributed by atoms with Gasteiger partial charge >= 0.3 is 5.97 Å². The number of Topliss-reactive ketones (excluding diaryl/α,β-unsaturated/α-hetero) is 1. The molecule has 6 heteroatoms. The lowest BCUT2D eigenvalue weighted by Crippen LogP contribution is -2.32. The molecule has 1 aromatic carbocycles. The van der Waals surface area contributed by atoms with E-state index in [-0.39, 0.29) is 37.2 Å². The Hall–Kier alpha value is -2.50. The quantitative estimate of drug-likeness (QED) is 0.435. The van der Waals surface area contributed by atoms with Crippen molar-refractivity contribution in [3.05, 3.63) is 35.4 Å². The Kier molecular flexibility index (Phi) is 5.26. The molecule has 1 aliphatic heterocycles. The first-order valence-corrected chi connectivity index (χ1v) is 7.59. The molecule has 0 unspecified atom stereocenters. The zero-order valence-electron chi connectivity index (χ0n) is 13.2. The maximum absolute atomic E-state index is 12.2. The second kappa shape index (κ2) is 7.17.